The molecule has 0 spiro atoms. The van der Waals surface area contributed by atoms with Crippen LogP contribution in [0, 0.1) is 0 Å². The molecular formula is C12H7ClN4O. The second-order valence-corrected chi connectivity index (χ2v) is 3.92. The van der Waals surface area contributed by atoms with Crippen LogP contribution >= 0.6 is 11.6 Å². The molecule has 0 saturated heterocycles. The zero-order chi connectivity index (χ0) is 12.4. The Morgan fingerprint density at radius 2 is 1.78 bits per heavy atom. The van der Waals surface area contributed by atoms with E-state index in [0.29, 0.717) is 22.6 Å². The topological polar surface area (TPSA) is 64.7 Å². The van der Waals surface area contributed by atoms with E-state index in [-0.39, 0.29) is 0 Å². The molecule has 1 aromatic carbocycles. The van der Waals surface area contributed by atoms with Gasteiger partial charge in [-0.1, -0.05) is 47.1 Å². The van der Waals surface area contributed by atoms with E-state index < -0.39 is 0 Å². The van der Waals surface area contributed by atoms with Gasteiger partial charge in [0.1, 0.15) is 0 Å². The summed E-state index contributed by atoms with van der Waals surface area (Å²) in [6, 6.07) is 12.9. The van der Waals surface area contributed by atoms with Crippen LogP contribution in [0.2, 0.25) is 5.15 Å². The molecule has 0 bridgehead atoms. The van der Waals surface area contributed by atoms with E-state index in [0.717, 1.165) is 5.56 Å². The number of benzene rings is 1. The maximum Gasteiger partial charge on any atom is 0.278 e. The molecule has 0 radical (unpaired) electrons. The van der Waals surface area contributed by atoms with Crippen molar-refractivity contribution >= 4 is 11.6 Å². The van der Waals surface area contributed by atoms with Crippen molar-refractivity contribution in [2.45, 2.75) is 0 Å². The quantitative estimate of drug-likeness (QED) is 0.707. The minimum absolute atomic E-state index is 0.318. The number of rotatable bonds is 2. The number of nitrogens with zero attached hydrogens (tertiary/aromatic N) is 4. The Hall–Kier alpha value is -2.27. The number of hydrogen-bond acceptors (Lipinski definition) is 5. The van der Waals surface area contributed by atoms with E-state index >= 15 is 0 Å². The van der Waals surface area contributed by atoms with Crippen molar-refractivity contribution in [3.8, 4) is 23.0 Å². The Balaban J connectivity index is 1.97. The summed E-state index contributed by atoms with van der Waals surface area (Å²) in [6.07, 6.45) is 0. The number of aromatic nitrogens is 4. The molecule has 0 fully saturated rings. The molecule has 3 aromatic rings. The van der Waals surface area contributed by atoms with Crippen LogP contribution in [0.15, 0.2) is 47.0 Å². The summed E-state index contributed by atoms with van der Waals surface area (Å²) in [7, 11) is 0. The highest BCUT2D eigenvalue weighted by Crippen LogP contribution is 2.20. The molecule has 2 aromatic heterocycles. The molecule has 0 N–H and O–H groups in total. The fraction of sp³-hybridized carbons (Fsp3) is 0. The fourth-order valence-corrected chi connectivity index (χ4v) is 1.56. The van der Waals surface area contributed by atoms with Gasteiger partial charge in [-0.15, -0.1) is 10.2 Å². The molecular weight excluding hydrogens is 252 g/mol. The zero-order valence-electron chi connectivity index (χ0n) is 9.12. The summed E-state index contributed by atoms with van der Waals surface area (Å²) < 4.78 is 5.14. The molecule has 0 saturated carbocycles. The van der Waals surface area contributed by atoms with Crippen LogP contribution in [-0.4, -0.2) is 20.3 Å². The Labute approximate surface area is 107 Å². The van der Waals surface area contributed by atoms with E-state index in [9.17, 15) is 0 Å². The van der Waals surface area contributed by atoms with Crippen molar-refractivity contribution in [3.63, 3.8) is 0 Å². The van der Waals surface area contributed by atoms with Gasteiger partial charge in [0, 0.05) is 5.56 Å². The monoisotopic (exact) mass is 258 g/mol. The number of halogens is 1. The highest BCUT2D eigenvalue weighted by Gasteiger charge is 2.11. The minimum Gasteiger partial charge on any atom is -0.332 e. The SMILES string of the molecule is Clc1ccc(-c2nc(-c3ccccc3)no2)nn1. The van der Waals surface area contributed by atoms with E-state index in [1.54, 1.807) is 12.1 Å². The number of hydrogen-bond donors (Lipinski definition) is 0. The zero-order valence-corrected chi connectivity index (χ0v) is 9.87. The third-order valence-electron chi connectivity index (χ3n) is 2.31. The standard InChI is InChI=1S/C12H7ClN4O/c13-10-7-6-9(15-16-10)12-14-11(17-18-12)8-4-2-1-3-5-8/h1-7H. The summed E-state index contributed by atoms with van der Waals surface area (Å²) in [5.41, 5.74) is 1.38. The van der Waals surface area contributed by atoms with Crippen LogP contribution in [0.3, 0.4) is 0 Å². The van der Waals surface area contributed by atoms with Gasteiger partial charge < -0.3 is 4.52 Å². The second kappa shape index (κ2) is 4.54. The van der Waals surface area contributed by atoms with Crippen LogP contribution in [-0.2, 0) is 0 Å². The average Bonchev–Trinajstić information content (AvgIpc) is 2.90. The molecule has 5 nitrogen and oxygen atoms in total. The smallest absolute Gasteiger partial charge is 0.278 e. The molecule has 0 amide bonds. The molecule has 88 valence electrons. The van der Waals surface area contributed by atoms with Crippen molar-refractivity contribution in [2.75, 3.05) is 0 Å². The Bertz CT molecular complexity index is 651. The molecule has 0 aliphatic carbocycles. The van der Waals surface area contributed by atoms with E-state index in [1.807, 2.05) is 30.3 Å². The molecule has 0 aliphatic rings. The summed E-state index contributed by atoms with van der Waals surface area (Å²) >= 11 is 5.66. The molecule has 2 heterocycles. The van der Waals surface area contributed by atoms with Gasteiger partial charge in [-0.25, -0.2) is 0 Å². The predicted molar refractivity (Wildman–Crippen MR) is 65.8 cm³/mol. The molecule has 3 rings (SSSR count). The molecule has 0 unspecified atom stereocenters. The first-order valence-electron chi connectivity index (χ1n) is 5.22. The van der Waals surface area contributed by atoms with Gasteiger partial charge in [-0.3, -0.25) is 0 Å². The normalized spacial score (nSPS) is 10.5. The van der Waals surface area contributed by atoms with E-state index in [4.69, 9.17) is 16.1 Å². The molecule has 0 atom stereocenters. The van der Waals surface area contributed by atoms with Crippen molar-refractivity contribution in [1.29, 1.82) is 0 Å². The average molecular weight is 259 g/mol. The third kappa shape index (κ3) is 2.08. The Morgan fingerprint density at radius 1 is 0.944 bits per heavy atom. The van der Waals surface area contributed by atoms with Gasteiger partial charge in [0.05, 0.1) is 0 Å². The molecule has 0 aliphatic heterocycles. The summed E-state index contributed by atoms with van der Waals surface area (Å²) in [6.45, 7) is 0. The minimum atomic E-state index is 0.318. The molecule has 18 heavy (non-hydrogen) atoms. The Kier molecular flexibility index (Phi) is 2.74. The van der Waals surface area contributed by atoms with Gasteiger partial charge in [0.2, 0.25) is 5.82 Å². The van der Waals surface area contributed by atoms with Gasteiger partial charge in [0.25, 0.3) is 5.89 Å². The van der Waals surface area contributed by atoms with Crippen LogP contribution in [0.4, 0.5) is 0 Å². The highest BCUT2D eigenvalue weighted by molar-refractivity contribution is 6.29. The maximum absolute atomic E-state index is 5.66. The summed E-state index contributed by atoms with van der Waals surface area (Å²) in [5, 5.41) is 11.8. The maximum atomic E-state index is 5.66. The first-order chi connectivity index (χ1) is 8.83. The second-order valence-electron chi connectivity index (χ2n) is 3.53. The van der Waals surface area contributed by atoms with Crippen LogP contribution < -0.4 is 0 Å². The first-order valence-corrected chi connectivity index (χ1v) is 5.59. The fourth-order valence-electron chi connectivity index (χ4n) is 1.46. The van der Waals surface area contributed by atoms with Crippen molar-refractivity contribution in [2.24, 2.45) is 0 Å². The predicted octanol–water partition coefficient (Wildman–Crippen LogP) is 2.85. The highest BCUT2D eigenvalue weighted by atomic mass is 35.5. The lowest BCUT2D eigenvalue weighted by Gasteiger charge is -1.91. The Morgan fingerprint density at radius 3 is 2.50 bits per heavy atom. The van der Waals surface area contributed by atoms with Crippen LogP contribution in [0.1, 0.15) is 0 Å². The van der Waals surface area contributed by atoms with Crippen LogP contribution in [0.25, 0.3) is 23.0 Å². The van der Waals surface area contributed by atoms with Gasteiger partial charge in [-0.05, 0) is 12.1 Å². The summed E-state index contributed by atoms with van der Waals surface area (Å²) in [4.78, 5) is 4.26. The largest absolute Gasteiger partial charge is 0.332 e. The molecule has 6 heteroatoms. The van der Waals surface area contributed by atoms with Crippen molar-refractivity contribution in [3.05, 3.63) is 47.6 Å². The summed E-state index contributed by atoms with van der Waals surface area (Å²) in [5.74, 6) is 0.834. The van der Waals surface area contributed by atoms with Gasteiger partial charge >= 0.3 is 0 Å². The lowest BCUT2D eigenvalue weighted by molar-refractivity contribution is 0.430. The van der Waals surface area contributed by atoms with Crippen LogP contribution in [0.5, 0.6) is 0 Å². The van der Waals surface area contributed by atoms with Gasteiger partial charge in [0.15, 0.2) is 10.8 Å². The lowest BCUT2D eigenvalue weighted by Crippen LogP contribution is -1.87. The lowest BCUT2D eigenvalue weighted by atomic mass is 10.2. The van der Waals surface area contributed by atoms with Crippen molar-refractivity contribution < 1.29 is 4.52 Å². The van der Waals surface area contributed by atoms with E-state index in [1.165, 1.54) is 0 Å². The van der Waals surface area contributed by atoms with Crippen molar-refractivity contribution in [1.82, 2.24) is 20.3 Å². The first kappa shape index (κ1) is 10.9. The van der Waals surface area contributed by atoms with Gasteiger partial charge in [-0.2, -0.15) is 4.98 Å². The third-order valence-corrected chi connectivity index (χ3v) is 2.51. The van der Waals surface area contributed by atoms with E-state index in [2.05, 4.69) is 20.3 Å².